The number of ether oxygens (including phenoxy) is 1. The lowest BCUT2D eigenvalue weighted by Crippen LogP contribution is -2.33. The monoisotopic (exact) mass is 463 g/mol. The average Bonchev–Trinajstić information content (AvgIpc) is 2.84. The Balaban J connectivity index is 1.70. The first-order valence-electron chi connectivity index (χ1n) is 9.91. The number of carbonyl (C=O) groups excluding carboxylic acids is 1. The topological polar surface area (TPSA) is 115 Å². The molecule has 0 saturated heterocycles. The van der Waals surface area contributed by atoms with Gasteiger partial charge >= 0.3 is 0 Å². The number of rotatable bonds is 7. The Morgan fingerprint density at radius 1 is 1.12 bits per heavy atom. The van der Waals surface area contributed by atoms with E-state index in [4.69, 9.17) is 16.3 Å². The van der Waals surface area contributed by atoms with Gasteiger partial charge in [0, 0.05) is 29.3 Å². The quantitative estimate of drug-likeness (QED) is 0.301. The van der Waals surface area contributed by atoms with Gasteiger partial charge < -0.3 is 15.2 Å². The number of nitrogens with zero attached hydrogens (tertiary/aromatic N) is 2. The van der Waals surface area contributed by atoms with Crippen molar-refractivity contribution in [2.75, 3.05) is 6.61 Å². The number of carbonyl (C=O) groups is 1. The maximum Gasteiger partial charge on any atom is 0.269 e. The first kappa shape index (κ1) is 22.0. The summed E-state index contributed by atoms with van der Waals surface area (Å²) in [7, 11) is 0. The molecule has 1 aromatic heterocycles. The molecule has 9 heteroatoms. The van der Waals surface area contributed by atoms with E-state index in [0.717, 1.165) is 0 Å². The maximum atomic E-state index is 12.7. The Morgan fingerprint density at radius 3 is 2.55 bits per heavy atom. The van der Waals surface area contributed by atoms with E-state index in [1.54, 1.807) is 42.5 Å². The summed E-state index contributed by atoms with van der Waals surface area (Å²) in [5, 5.41) is 25.7. The fraction of sp³-hybridized carbons (Fsp3) is 0.0833. The van der Waals surface area contributed by atoms with Gasteiger partial charge in [-0.05, 0) is 48.0 Å². The summed E-state index contributed by atoms with van der Waals surface area (Å²) in [5.74, 6) is -0.0817. The number of phenols is 1. The number of pyridine rings is 1. The molecule has 0 aliphatic rings. The average molecular weight is 464 g/mol. The van der Waals surface area contributed by atoms with Crippen LogP contribution in [0.1, 0.15) is 17.2 Å². The van der Waals surface area contributed by atoms with Crippen LogP contribution in [0.25, 0.3) is 10.9 Å². The van der Waals surface area contributed by atoms with E-state index in [0.29, 0.717) is 27.3 Å². The Kier molecular flexibility index (Phi) is 6.37. The van der Waals surface area contributed by atoms with Crippen LogP contribution in [-0.2, 0) is 4.79 Å². The normalized spacial score (nSPS) is 11.7. The number of phenolic OH excluding ortho intramolecular Hbond substituents is 1. The highest BCUT2D eigenvalue weighted by atomic mass is 35.5. The van der Waals surface area contributed by atoms with Crippen molar-refractivity contribution in [1.29, 1.82) is 0 Å². The number of non-ortho nitro benzene ring substituents is 1. The SMILES string of the molecule is O=C(COc1ccccc1)N[C@@H](c1ccc([N+](=O)[O-])cc1)c1cc(Cl)c2cccnc2c1O. The minimum Gasteiger partial charge on any atom is -0.505 e. The van der Waals surface area contributed by atoms with E-state index in [2.05, 4.69) is 10.3 Å². The molecule has 2 N–H and O–H groups in total. The number of halogens is 1. The van der Waals surface area contributed by atoms with Crippen LogP contribution in [-0.4, -0.2) is 27.5 Å². The van der Waals surface area contributed by atoms with Gasteiger partial charge in [0.15, 0.2) is 6.61 Å². The van der Waals surface area contributed by atoms with Crippen molar-refractivity contribution >= 4 is 34.1 Å². The van der Waals surface area contributed by atoms with Crippen molar-refractivity contribution in [2.45, 2.75) is 6.04 Å². The molecule has 0 fully saturated rings. The lowest BCUT2D eigenvalue weighted by atomic mass is 9.96. The molecule has 4 aromatic rings. The van der Waals surface area contributed by atoms with E-state index in [9.17, 15) is 20.0 Å². The Bertz CT molecular complexity index is 1310. The molecule has 8 nitrogen and oxygen atoms in total. The number of nitro groups is 1. The Hall–Kier alpha value is -4.17. The molecule has 1 atom stereocenters. The molecule has 4 rings (SSSR count). The highest BCUT2D eigenvalue weighted by Gasteiger charge is 2.24. The number of para-hydroxylation sites is 1. The number of amides is 1. The maximum absolute atomic E-state index is 12.7. The second kappa shape index (κ2) is 9.54. The van der Waals surface area contributed by atoms with Gasteiger partial charge in [-0.25, -0.2) is 0 Å². The Labute approximate surface area is 193 Å². The van der Waals surface area contributed by atoms with Crippen molar-refractivity contribution in [3.05, 3.63) is 105 Å². The number of aromatic hydroxyl groups is 1. The predicted octanol–water partition coefficient (Wildman–Crippen LogP) is 4.79. The van der Waals surface area contributed by atoms with Gasteiger partial charge in [-0.1, -0.05) is 29.8 Å². The van der Waals surface area contributed by atoms with Crippen LogP contribution in [0.2, 0.25) is 5.02 Å². The minimum absolute atomic E-state index is 0.0985. The molecular weight excluding hydrogens is 446 g/mol. The number of fused-ring (bicyclic) bond motifs is 1. The molecule has 1 heterocycles. The molecule has 0 aliphatic heterocycles. The lowest BCUT2D eigenvalue weighted by Gasteiger charge is -2.22. The molecule has 0 aliphatic carbocycles. The van der Waals surface area contributed by atoms with Crippen molar-refractivity contribution in [1.82, 2.24) is 10.3 Å². The summed E-state index contributed by atoms with van der Waals surface area (Å²) in [6, 6.07) is 18.6. The standard InChI is InChI=1S/C24H18ClN3O5/c25-20-13-19(24(30)23-18(20)7-4-12-26-23)22(15-8-10-16(11-9-15)28(31)32)27-21(29)14-33-17-5-2-1-3-6-17/h1-13,22,30H,14H2,(H,27,29)/t22-/m0/s1. The minimum atomic E-state index is -0.860. The number of nitrogens with one attached hydrogen (secondary N) is 1. The van der Waals surface area contributed by atoms with Crippen molar-refractivity contribution in [3.8, 4) is 11.5 Å². The molecule has 166 valence electrons. The molecule has 0 spiro atoms. The molecule has 0 radical (unpaired) electrons. The highest BCUT2D eigenvalue weighted by molar-refractivity contribution is 6.35. The molecule has 0 bridgehead atoms. The Morgan fingerprint density at radius 2 is 1.85 bits per heavy atom. The number of hydrogen-bond donors (Lipinski definition) is 2. The fourth-order valence-corrected chi connectivity index (χ4v) is 3.69. The van der Waals surface area contributed by atoms with Crippen molar-refractivity contribution in [3.63, 3.8) is 0 Å². The van der Waals surface area contributed by atoms with Gasteiger partial charge in [-0.3, -0.25) is 19.9 Å². The summed E-state index contributed by atoms with van der Waals surface area (Å²) in [6.07, 6.45) is 1.52. The zero-order chi connectivity index (χ0) is 23.4. The summed E-state index contributed by atoms with van der Waals surface area (Å²) in [5.41, 5.74) is 0.990. The molecule has 0 unspecified atom stereocenters. The molecular formula is C24H18ClN3O5. The third-order valence-electron chi connectivity index (χ3n) is 5.01. The van der Waals surface area contributed by atoms with Crippen LogP contribution in [0, 0.1) is 10.1 Å². The molecule has 1 amide bonds. The second-order valence-corrected chi connectivity index (χ2v) is 7.55. The van der Waals surface area contributed by atoms with E-state index in [1.807, 2.05) is 6.07 Å². The third kappa shape index (κ3) is 4.86. The van der Waals surface area contributed by atoms with Crippen LogP contribution in [0.3, 0.4) is 0 Å². The largest absolute Gasteiger partial charge is 0.505 e. The van der Waals surface area contributed by atoms with Gasteiger partial charge in [-0.15, -0.1) is 0 Å². The number of aromatic nitrogens is 1. The van der Waals surface area contributed by atoms with Gasteiger partial charge in [-0.2, -0.15) is 0 Å². The first-order valence-corrected chi connectivity index (χ1v) is 10.3. The molecule has 0 saturated carbocycles. The summed E-state index contributed by atoms with van der Waals surface area (Å²) in [4.78, 5) is 27.5. The fourth-order valence-electron chi connectivity index (χ4n) is 3.42. The van der Waals surface area contributed by atoms with Crippen molar-refractivity contribution in [2.24, 2.45) is 0 Å². The number of hydrogen-bond acceptors (Lipinski definition) is 6. The summed E-state index contributed by atoms with van der Waals surface area (Å²) in [6.45, 7) is -0.270. The zero-order valence-electron chi connectivity index (χ0n) is 17.1. The summed E-state index contributed by atoms with van der Waals surface area (Å²) >= 11 is 6.43. The van der Waals surface area contributed by atoms with E-state index < -0.39 is 16.9 Å². The van der Waals surface area contributed by atoms with E-state index in [-0.39, 0.29) is 23.6 Å². The van der Waals surface area contributed by atoms with Crippen LogP contribution >= 0.6 is 11.6 Å². The van der Waals surface area contributed by atoms with Gasteiger partial charge in [0.25, 0.3) is 11.6 Å². The van der Waals surface area contributed by atoms with Crippen LogP contribution < -0.4 is 10.1 Å². The smallest absolute Gasteiger partial charge is 0.269 e. The first-order chi connectivity index (χ1) is 15.9. The lowest BCUT2D eigenvalue weighted by molar-refractivity contribution is -0.384. The van der Waals surface area contributed by atoms with Crippen LogP contribution in [0.15, 0.2) is 79.0 Å². The van der Waals surface area contributed by atoms with Crippen LogP contribution in [0.4, 0.5) is 5.69 Å². The van der Waals surface area contributed by atoms with Gasteiger partial charge in [0.1, 0.15) is 17.0 Å². The van der Waals surface area contributed by atoms with E-state index >= 15 is 0 Å². The van der Waals surface area contributed by atoms with Gasteiger partial charge in [0.05, 0.1) is 16.0 Å². The van der Waals surface area contributed by atoms with Crippen molar-refractivity contribution < 1.29 is 19.6 Å². The van der Waals surface area contributed by atoms with Crippen LogP contribution in [0.5, 0.6) is 11.5 Å². The van der Waals surface area contributed by atoms with E-state index in [1.165, 1.54) is 30.5 Å². The molecule has 3 aromatic carbocycles. The predicted molar refractivity (Wildman–Crippen MR) is 123 cm³/mol. The molecule has 33 heavy (non-hydrogen) atoms. The number of benzene rings is 3. The zero-order valence-corrected chi connectivity index (χ0v) is 17.9. The summed E-state index contributed by atoms with van der Waals surface area (Å²) < 4.78 is 5.51. The highest BCUT2D eigenvalue weighted by Crippen LogP contribution is 2.38. The van der Waals surface area contributed by atoms with Gasteiger partial charge in [0.2, 0.25) is 0 Å². The number of nitro benzene ring substituents is 1. The third-order valence-corrected chi connectivity index (χ3v) is 5.32. The second-order valence-electron chi connectivity index (χ2n) is 7.15.